The van der Waals surface area contributed by atoms with Crippen molar-refractivity contribution in [1.82, 2.24) is 20.0 Å². The third-order valence-corrected chi connectivity index (χ3v) is 3.64. The number of hydrogen-bond donors (Lipinski definition) is 1. The molecule has 1 aromatic heterocycles. The summed E-state index contributed by atoms with van der Waals surface area (Å²) in [5, 5.41) is 7.69. The van der Waals surface area contributed by atoms with Gasteiger partial charge in [-0.3, -0.25) is 4.68 Å². The zero-order valence-electron chi connectivity index (χ0n) is 13.4. The van der Waals surface area contributed by atoms with Crippen molar-refractivity contribution in [2.24, 2.45) is 7.05 Å². The Morgan fingerprint density at radius 1 is 1.43 bits per heavy atom. The van der Waals surface area contributed by atoms with E-state index in [0.717, 1.165) is 32.5 Å². The number of hydrogen-bond acceptors (Lipinski definition) is 4. The van der Waals surface area contributed by atoms with Gasteiger partial charge in [0.05, 0.1) is 5.69 Å². The molecule has 2 heterocycles. The molecular weight excluding hydrogens is 268 g/mol. The van der Waals surface area contributed by atoms with Crippen LogP contribution in [0.2, 0.25) is 0 Å². The van der Waals surface area contributed by atoms with E-state index in [9.17, 15) is 4.79 Å². The van der Waals surface area contributed by atoms with Crippen LogP contribution in [-0.2, 0) is 18.3 Å². The topological polar surface area (TPSA) is 59.4 Å². The van der Waals surface area contributed by atoms with Gasteiger partial charge in [0.1, 0.15) is 5.60 Å². The molecule has 0 saturated carbocycles. The van der Waals surface area contributed by atoms with Gasteiger partial charge in [0.15, 0.2) is 0 Å². The van der Waals surface area contributed by atoms with Crippen molar-refractivity contribution in [1.29, 1.82) is 0 Å². The Morgan fingerprint density at radius 2 is 2.10 bits per heavy atom. The molecule has 0 unspecified atom stereocenters. The van der Waals surface area contributed by atoms with Crippen LogP contribution in [0.25, 0.3) is 0 Å². The highest BCUT2D eigenvalue weighted by atomic mass is 16.6. The molecule has 6 heteroatoms. The van der Waals surface area contributed by atoms with E-state index in [0.29, 0.717) is 6.04 Å². The molecule has 2 rings (SSSR count). The molecule has 1 fully saturated rings. The van der Waals surface area contributed by atoms with Gasteiger partial charge in [-0.25, -0.2) is 4.79 Å². The highest BCUT2D eigenvalue weighted by molar-refractivity contribution is 5.68. The van der Waals surface area contributed by atoms with E-state index in [1.54, 1.807) is 4.90 Å². The Kier molecular flexibility index (Phi) is 4.88. The van der Waals surface area contributed by atoms with E-state index in [1.807, 2.05) is 44.8 Å². The van der Waals surface area contributed by atoms with Gasteiger partial charge in [0.25, 0.3) is 0 Å². The van der Waals surface area contributed by atoms with Crippen LogP contribution >= 0.6 is 0 Å². The van der Waals surface area contributed by atoms with Crippen LogP contribution in [0.3, 0.4) is 0 Å². The summed E-state index contributed by atoms with van der Waals surface area (Å²) in [6.07, 6.45) is 3.52. The van der Waals surface area contributed by atoms with E-state index >= 15 is 0 Å². The van der Waals surface area contributed by atoms with Gasteiger partial charge in [0, 0.05) is 38.9 Å². The molecule has 1 N–H and O–H groups in total. The third-order valence-electron chi connectivity index (χ3n) is 3.64. The largest absolute Gasteiger partial charge is 0.444 e. The fraction of sp³-hybridized carbons (Fsp3) is 0.733. The molecule has 1 aromatic rings. The Morgan fingerprint density at radius 3 is 2.62 bits per heavy atom. The van der Waals surface area contributed by atoms with Crippen LogP contribution in [0.5, 0.6) is 0 Å². The van der Waals surface area contributed by atoms with E-state index in [1.165, 1.54) is 5.69 Å². The fourth-order valence-corrected chi connectivity index (χ4v) is 2.42. The molecule has 0 aromatic carbocycles. The van der Waals surface area contributed by atoms with E-state index in [2.05, 4.69) is 10.4 Å². The van der Waals surface area contributed by atoms with Crippen molar-refractivity contribution >= 4 is 6.09 Å². The van der Waals surface area contributed by atoms with Crippen LogP contribution < -0.4 is 5.32 Å². The summed E-state index contributed by atoms with van der Waals surface area (Å²) in [5.74, 6) is 0. The summed E-state index contributed by atoms with van der Waals surface area (Å²) in [7, 11) is 1.95. The number of ether oxygens (including phenoxy) is 1. The fourth-order valence-electron chi connectivity index (χ4n) is 2.42. The van der Waals surface area contributed by atoms with Gasteiger partial charge in [-0.05, 0) is 39.7 Å². The Labute approximate surface area is 126 Å². The molecular formula is C15H26N4O2. The number of nitrogens with one attached hydrogen (secondary N) is 1. The molecule has 1 saturated heterocycles. The molecule has 1 aliphatic rings. The van der Waals surface area contributed by atoms with Crippen molar-refractivity contribution in [3.05, 3.63) is 18.0 Å². The van der Waals surface area contributed by atoms with Crippen LogP contribution in [0.4, 0.5) is 4.79 Å². The molecule has 0 atom stereocenters. The first-order chi connectivity index (χ1) is 9.85. The third kappa shape index (κ3) is 4.74. The molecule has 0 bridgehead atoms. The SMILES string of the molecule is Cn1nccc1CNC1CCN(C(=O)OC(C)(C)C)CC1. The summed E-state index contributed by atoms with van der Waals surface area (Å²) < 4.78 is 7.28. The predicted molar refractivity (Wildman–Crippen MR) is 80.9 cm³/mol. The maximum atomic E-state index is 12.0. The monoisotopic (exact) mass is 294 g/mol. The van der Waals surface area contributed by atoms with E-state index < -0.39 is 5.60 Å². The second kappa shape index (κ2) is 6.47. The minimum absolute atomic E-state index is 0.201. The van der Waals surface area contributed by atoms with Gasteiger partial charge in [-0.1, -0.05) is 0 Å². The van der Waals surface area contributed by atoms with Crippen LogP contribution in [0, 0.1) is 0 Å². The highest BCUT2D eigenvalue weighted by Gasteiger charge is 2.26. The van der Waals surface area contributed by atoms with Crippen molar-refractivity contribution in [3.63, 3.8) is 0 Å². The van der Waals surface area contributed by atoms with Crippen LogP contribution in [0.15, 0.2) is 12.3 Å². The number of aryl methyl sites for hydroxylation is 1. The normalized spacial score (nSPS) is 17.0. The molecule has 1 aliphatic heterocycles. The molecule has 0 aliphatic carbocycles. The van der Waals surface area contributed by atoms with E-state index in [4.69, 9.17) is 4.74 Å². The summed E-state index contributed by atoms with van der Waals surface area (Å²) in [4.78, 5) is 13.8. The van der Waals surface area contributed by atoms with Crippen LogP contribution in [0.1, 0.15) is 39.3 Å². The minimum atomic E-state index is -0.425. The van der Waals surface area contributed by atoms with Gasteiger partial charge in [-0.15, -0.1) is 0 Å². The summed E-state index contributed by atoms with van der Waals surface area (Å²) in [6.45, 7) is 8.00. The second-order valence-corrected chi connectivity index (χ2v) is 6.57. The highest BCUT2D eigenvalue weighted by Crippen LogP contribution is 2.15. The maximum absolute atomic E-state index is 12.0. The second-order valence-electron chi connectivity index (χ2n) is 6.57. The molecule has 6 nitrogen and oxygen atoms in total. The molecule has 0 spiro atoms. The standard InChI is InChI=1S/C15H26N4O2/c1-15(2,3)21-14(20)19-9-6-12(7-10-19)16-11-13-5-8-17-18(13)4/h5,8,12,16H,6-7,9-11H2,1-4H3. The minimum Gasteiger partial charge on any atom is -0.444 e. The lowest BCUT2D eigenvalue weighted by molar-refractivity contribution is 0.0198. The van der Waals surface area contributed by atoms with Crippen molar-refractivity contribution < 1.29 is 9.53 Å². The zero-order valence-corrected chi connectivity index (χ0v) is 13.4. The van der Waals surface area contributed by atoms with Gasteiger partial charge < -0.3 is 15.0 Å². The number of aromatic nitrogens is 2. The number of amides is 1. The smallest absolute Gasteiger partial charge is 0.410 e. The Balaban J connectivity index is 1.73. The first-order valence-electron chi connectivity index (χ1n) is 7.53. The molecule has 118 valence electrons. The van der Waals surface area contributed by atoms with Crippen molar-refractivity contribution in [2.75, 3.05) is 13.1 Å². The molecule has 1 amide bonds. The lowest BCUT2D eigenvalue weighted by atomic mass is 10.1. The predicted octanol–water partition coefficient (Wildman–Crippen LogP) is 1.91. The van der Waals surface area contributed by atoms with Crippen molar-refractivity contribution in [3.8, 4) is 0 Å². The number of carbonyl (C=O) groups excluding carboxylic acids is 1. The molecule has 0 radical (unpaired) electrons. The summed E-state index contributed by atoms with van der Waals surface area (Å²) in [6, 6.07) is 2.46. The Hall–Kier alpha value is -1.56. The lowest BCUT2D eigenvalue weighted by Crippen LogP contribution is -2.46. The van der Waals surface area contributed by atoms with Gasteiger partial charge >= 0.3 is 6.09 Å². The number of carbonyl (C=O) groups is 1. The summed E-state index contributed by atoms with van der Waals surface area (Å²) in [5.41, 5.74) is 0.746. The van der Waals surface area contributed by atoms with Gasteiger partial charge in [-0.2, -0.15) is 5.10 Å². The Bertz CT molecular complexity index is 470. The van der Waals surface area contributed by atoms with Gasteiger partial charge in [0.2, 0.25) is 0 Å². The average molecular weight is 294 g/mol. The first-order valence-corrected chi connectivity index (χ1v) is 7.53. The van der Waals surface area contributed by atoms with Crippen LogP contribution in [-0.4, -0.2) is 45.5 Å². The quantitative estimate of drug-likeness (QED) is 0.925. The first kappa shape index (κ1) is 15.8. The lowest BCUT2D eigenvalue weighted by Gasteiger charge is -2.33. The molecule has 21 heavy (non-hydrogen) atoms. The van der Waals surface area contributed by atoms with E-state index in [-0.39, 0.29) is 6.09 Å². The number of piperidine rings is 1. The number of rotatable bonds is 3. The van der Waals surface area contributed by atoms with Crippen molar-refractivity contribution in [2.45, 2.75) is 51.8 Å². The number of nitrogens with zero attached hydrogens (tertiary/aromatic N) is 3. The number of likely N-dealkylation sites (tertiary alicyclic amines) is 1. The average Bonchev–Trinajstić information content (AvgIpc) is 2.80. The zero-order chi connectivity index (χ0) is 15.5. The summed E-state index contributed by atoms with van der Waals surface area (Å²) >= 11 is 0. The maximum Gasteiger partial charge on any atom is 0.410 e.